The molecule has 0 aliphatic carbocycles. The van der Waals surface area contributed by atoms with Crippen molar-refractivity contribution in [2.24, 2.45) is 0 Å². The highest BCUT2D eigenvalue weighted by atomic mass is 35.5. The minimum Gasteiger partial charge on any atom is -0.398 e. The molecule has 4 N–H and O–H groups in total. The van der Waals surface area contributed by atoms with Crippen molar-refractivity contribution in [3.05, 3.63) is 22.8 Å². The molecule has 0 bridgehead atoms. The molecule has 76 valence electrons. The van der Waals surface area contributed by atoms with Crippen molar-refractivity contribution in [2.45, 2.75) is 20.8 Å². The summed E-state index contributed by atoms with van der Waals surface area (Å²) in [7, 11) is 0. The standard InChI is InChI=1S/C9H14N2.2ClH/c1-5-4-6(2)9(11)7(3)8(5)10;;/h4H,10-11H2,1-3H3;2*1H. The maximum absolute atomic E-state index is 5.77. The fourth-order valence-electron chi connectivity index (χ4n) is 1.22. The monoisotopic (exact) mass is 222 g/mol. The second kappa shape index (κ2) is 5.20. The molecule has 0 heterocycles. The minimum absolute atomic E-state index is 0. The van der Waals surface area contributed by atoms with Crippen LogP contribution in [0, 0.1) is 20.8 Å². The number of hydrogen-bond donors (Lipinski definition) is 2. The molecule has 0 aliphatic rings. The fourth-order valence-corrected chi connectivity index (χ4v) is 1.22. The highest BCUT2D eigenvalue weighted by Crippen LogP contribution is 2.25. The second-order valence-electron chi connectivity index (χ2n) is 2.96. The highest BCUT2D eigenvalue weighted by Gasteiger charge is 2.03. The molecule has 0 fully saturated rings. The summed E-state index contributed by atoms with van der Waals surface area (Å²) in [5, 5.41) is 0. The largest absolute Gasteiger partial charge is 0.398 e. The van der Waals surface area contributed by atoms with Gasteiger partial charge in [-0.1, -0.05) is 6.07 Å². The minimum atomic E-state index is 0. The summed E-state index contributed by atoms with van der Waals surface area (Å²) in [4.78, 5) is 0. The Kier molecular flexibility index (Phi) is 5.96. The maximum Gasteiger partial charge on any atom is 0.0394 e. The molecule has 0 saturated heterocycles. The average Bonchev–Trinajstić information content (AvgIpc) is 1.97. The summed E-state index contributed by atoms with van der Waals surface area (Å²) in [6.45, 7) is 5.94. The Morgan fingerprint density at radius 2 is 1.15 bits per heavy atom. The number of rotatable bonds is 0. The van der Waals surface area contributed by atoms with Crippen LogP contribution in [0.5, 0.6) is 0 Å². The quantitative estimate of drug-likeness (QED) is 0.664. The molecule has 0 spiro atoms. The third-order valence-electron chi connectivity index (χ3n) is 2.09. The van der Waals surface area contributed by atoms with E-state index in [2.05, 4.69) is 0 Å². The van der Waals surface area contributed by atoms with Gasteiger partial charge in [0, 0.05) is 11.4 Å². The Labute approximate surface area is 91.5 Å². The Morgan fingerprint density at radius 3 is 1.46 bits per heavy atom. The van der Waals surface area contributed by atoms with Gasteiger partial charge in [0.1, 0.15) is 0 Å². The number of anilines is 2. The van der Waals surface area contributed by atoms with E-state index in [0.29, 0.717) is 0 Å². The molecule has 1 rings (SSSR count). The van der Waals surface area contributed by atoms with Gasteiger partial charge < -0.3 is 11.5 Å². The Bertz CT molecular complexity index is 272. The van der Waals surface area contributed by atoms with Gasteiger partial charge in [0.25, 0.3) is 0 Å². The van der Waals surface area contributed by atoms with Gasteiger partial charge in [-0.2, -0.15) is 0 Å². The van der Waals surface area contributed by atoms with E-state index in [1.165, 1.54) is 0 Å². The van der Waals surface area contributed by atoms with E-state index in [1.54, 1.807) is 0 Å². The molecule has 1 aromatic carbocycles. The van der Waals surface area contributed by atoms with Crippen LogP contribution in [0.2, 0.25) is 0 Å². The number of nitrogens with two attached hydrogens (primary N) is 2. The fraction of sp³-hybridized carbons (Fsp3) is 0.333. The van der Waals surface area contributed by atoms with Gasteiger partial charge in [-0.15, -0.1) is 24.8 Å². The lowest BCUT2D eigenvalue weighted by molar-refractivity contribution is 1.33. The number of nitrogen functional groups attached to an aromatic ring is 2. The summed E-state index contributed by atoms with van der Waals surface area (Å²) in [5.74, 6) is 0. The van der Waals surface area contributed by atoms with Crippen molar-refractivity contribution in [3.8, 4) is 0 Å². The van der Waals surface area contributed by atoms with E-state index in [-0.39, 0.29) is 24.8 Å². The lowest BCUT2D eigenvalue weighted by Gasteiger charge is -2.09. The van der Waals surface area contributed by atoms with E-state index in [0.717, 1.165) is 28.1 Å². The van der Waals surface area contributed by atoms with E-state index >= 15 is 0 Å². The highest BCUT2D eigenvalue weighted by molar-refractivity contribution is 5.85. The van der Waals surface area contributed by atoms with Crippen molar-refractivity contribution in [1.29, 1.82) is 0 Å². The molecule has 0 saturated carbocycles. The average molecular weight is 223 g/mol. The maximum atomic E-state index is 5.77. The predicted molar refractivity (Wildman–Crippen MR) is 64.0 cm³/mol. The number of hydrogen-bond acceptors (Lipinski definition) is 2. The van der Waals surface area contributed by atoms with Gasteiger partial charge in [0.05, 0.1) is 0 Å². The lowest BCUT2D eigenvalue weighted by atomic mass is 10.0. The molecular formula is C9H16Cl2N2. The number of benzene rings is 1. The SMILES string of the molecule is Cc1cc(C)c(N)c(C)c1N.Cl.Cl. The van der Waals surface area contributed by atoms with Crippen LogP contribution in [0.4, 0.5) is 11.4 Å². The van der Waals surface area contributed by atoms with Crippen molar-refractivity contribution >= 4 is 36.2 Å². The van der Waals surface area contributed by atoms with Gasteiger partial charge in [0.15, 0.2) is 0 Å². The molecule has 13 heavy (non-hydrogen) atoms. The smallest absolute Gasteiger partial charge is 0.0394 e. The molecule has 4 heteroatoms. The van der Waals surface area contributed by atoms with Crippen LogP contribution in [0.3, 0.4) is 0 Å². The summed E-state index contributed by atoms with van der Waals surface area (Å²) >= 11 is 0. The zero-order valence-electron chi connectivity index (χ0n) is 8.05. The van der Waals surface area contributed by atoms with Crippen molar-refractivity contribution in [2.75, 3.05) is 11.5 Å². The summed E-state index contributed by atoms with van der Waals surface area (Å²) in [6, 6.07) is 2.01. The Hall–Kier alpha value is -0.600. The van der Waals surface area contributed by atoms with Crippen LogP contribution in [-0.2, 0) is 0 Å². The zero-order chi connectivity index (χ0) is 8.59. The predicted octanol–water partition coefficient (Wildman–Crippen LogP) is 2.62. The Morgan fingerprint density at radius 1 is 0.846 bits per heavy atom. The third kappa shape index (κ3) is 2.68. The van der Waals surface area contributed by atoms with E-state index in [4.69, 9.17) is 11.5 Å². The topological polar surface area (TPSA) is 52.0 Å². The van der Waals surface area contributed by atoms with Crippen molar-refractivity contribution in [1.82, 2.24) is 0 Å². The van der Waals surface area contributed by atoms with Gasteiger partial charge in [-0.25, -0.2) is 0 Å². The summed E-state index contributed by atoms with van der Waals surface area (Å²) < 4.78 is 0. The molecule has 0 amide bonds. The van der Waals surface area contributed by atoms with Crippen LogP contribution < -0.4 is 11.5 Å². The van der Waals surface area contributed by atoms with Gasteiger partial charge in [-0.05, 0) is 37.5 Å². The molecule has 2 nitrogen and oxygen atoms in total. The second-order valence-corrected chi connectivity index (χ2v) is 2.96. The van der Waals surface area contributed by atoms with Crippen LogP contribution in [0.25, 0.3) is 0 Å². The van der Waals surface area contributed by atoms with E-state index < -0.39 is 0 Å². The molecule has 0 aromatic heterocycles. The third-order valence-corrected chi connectivity index (χ3v) is 2.09. The number of aryl methyl sites for hydroxylation is 2. The summed E-state index contributed by atoms with van der Waals surface area (Å²) in [6.07, 6.45) is 0. The van der Waals surface area contributed by atoms with Crippen molar-refractivity contribution < 1.29 is 0 Å². The zero-order valence-corrected chi connectivity index (χ0v) is 9.68. The van der Waals surface area contributed by atoms with Crippen LogP contribution >= 0.6 is 24.8 Å². The first kappa shape index (κ1) is 14.9. The molecule has 0 aliphatic heterocycles. The van der Waals surface area contributed by atoms with Gasteiger partial charge in [-0.3, -0.25) is 0 Å². The van der Waals surface area contributed by atoms with E-state index in [1.807, 2.05) is 26.8 Å². The van der Waals surface area contributed by atoms with Gasteiger partial charge in [0.2, 0.25) is 0 Å². The van der Waals surface area contributed by atoms with Crippen LogP contribution in [-0.4, -0.2) is 0 Å². The lowest BCUT2D eigenvalue weighted by Crippen LogP contribution is -2.00. The first-order chi connectivity index (χ1) is 5.04. The van der Waals surface area contributed by atoms with Crippen LogP contribution in [0.1, 0.15) is 16.7 Å². The number of halogens is 2. The molecule has 0 unspecified atom stereocenters. The molecule has 0 radical (unpaired) electrons. The normalized spacial score (nSPS) is 8.54. The van der Waals surface area contributed by atoms with Gasteiger partial charge >= 0.3 is 0 Å². The Balaban J connectivity index is 0. The molecule has 0 atom stereocenters. The molecule has 1 aromatic rings. The summed E-state index contributed by atoms with van der Waals surface area (Å²) in [5.41, 5.74) is 16.4. The van der Waals surface area contributed by atoms with Crippen molar-refractivity contribution in [3.63, 3.8) is 0 Å². The molecular weight excluding hydrogens is 207 g/mol. The first-order valence-electron chi connectivity index (χ1n) is 3.65. The van der Waals surface area contributed by atoms with E-state index in [9.17, 15) is 0 Å². The first-order valence-corrected chi connectivity index (χ1v) is 3.65. The van der Waals surface area contributed by atoms with Crippen LogP contribution in [0.15, 0.2) is 6.07 Å².